The molecule has 0 saturated heterocycles. The third-order valence-corrected chi connectivity index (χ3v) is 1.65. The molecule has 0 aliphatic heterocycles. The lowest BCUT2D eigenvalue weighted by Gasteiger charge is -1.98. The highest BCUT2D eigenvalue weighted by Crippen LogP contribution is 2.06. The van der Waals surface area contributed by atoms with Crippen molar-refractivity contribution in [1.29, 1.82) is 5.26 Å². The molecule has 0 aromatic rings. The van der Waals surface area contributed by atoms with Crippen molar-refractivity contribution in [3.63, 3.8) is 0 Å². The first-order chi connectivity index (χ1) is 6.77. The van der Waals surface area contributed by atoms with Crippen LogP contribution in [0.15, 0.2) is 47.6 Å². The molecule has 3 nitrogen and oxygen atoms in total. The molecule has 0 atom stereocenters. The molecule has 0 amide bonds. The highest BCUT2D eigenvalue weighted by Gasteiger charge is 2.04. The van der Waals surface area contributed by atoms with Crippen LogP contribution in [0.3, 0.4) is 0 Å². The molecule has 0 spiro atoms. The number of methoxy groups -OCH3 is 1. The van der Waals surface area contributed by atoms with Gasteiger partial charge < -0.3 is 4.74 Å². The van der Waals surface area contributed by atoms with E-state index in [1.165, 1.54) is 7.11 Å². The molecule has 1 aliphatic carbocycles. The number of esters is 1. The van der Waals surface area contributed by atoms with Crippen LogP contribution in [0.2, 0.25) is 0 Å². The Labute approximate surface area is 82.3 Å². The van der Waals surface area contributed by atoms with Gasteiger partial charge in [0.05, 0.1) is 24.3 Å². The third kappa shape index (κ3) is 2.46. The monoisotopic (exact) mass is 187 g/mol. The average molecular weight is 187 g/mol. The standard InChI is InChI=1S/C11H9NO2/c1-14-11(13)10-6-2-4-9(8-12)5-3-7-10/h2-7H,1H3. The highest BCUT2D eigenvalue weighted by molar-refractivity contribution is 5.92. The summed E-state index contributed by atoms with van der Waals surface area (Å²) in [6.45, 7) is 0. The first kappa shape index (κ1) is 10.0. The van der Waals surface area contributed by atoms with Crippen molar-refractivity contribution >= 4 is 5.97 Å². The fourth-order valence-corrected chi connectivity index (χ4v) is 0.950. The summed E-state index contributed by atoms with van der Waals surface area (Å²) in [5.74, 6) is -0.389. The van der Waals surface area contributed by atoms with Crippen molar-refractivity contribution in [3.8, 4) is 6.07 Å². The molecule has 1 aliphatic rings. The van der Waals surface area contributed by atoms with Crippen LogP contribution in [0.4, 0.5) is 0 Å². The zero-order chi connectivity index (χ0) is 10.4. The maximum atomic E-state index is 11.1. The van der Waals surface area contributed by atoms with Crippen LogP contribution < -0.4 is 0 Å². The van der Waals surface area contributed by atoms with E-state index >= 15 is 0 Å². The van der Waals surface area contributed by atoms with E-state index in [1.807, 2.05) is 6.07 Å². The van der Waals surface area contributed by atoms with Gasteiger partial charge in [0.25, 0.3) is 0 Å². The fraction of sp³-hybridized carbons (Fsp3) is 0.0909. The van der Waals surface area contributed by atoms with Gasteiger partial charge in [-0.05, 0) is 24.3 Å². The normalized spacial score (nSPS) is 14.6. The van der Waals surface area contributed by atoms with Gasteiger partial charge >= 0.3 is 5.97 Å². The molecule has 0 aromatic heterocycles. The van der Waals surface area contributed by atoms with Crippen LogP contribution in [0, 0.1) is 11.3 Å². The van der Waals surface area contributed by atoms with Crippen LogP contribution in [0.25, 0.3) is 0 Å². The van der Waals surface area contributed by atoms with Gasteiger partial charge in [-0.15, -0.1) is 0 Å². The summed E-state index contributed by atoms with van der Waals surface area (Å²) in [4.78, 5) is 11.1. The molecule has 0 N–H and O–H groups in total. The number of hydrogen-bond donors (Lipinski definition) is 0. The van der Waals surface area contributed by atoms with Crippen LogP contribution in [-0.4, -0.2) is 13.1 Å². The molecule has 0 fully saturated rings. The molecule has 0 saturated carbocycles. The SMILES string of the molecule is COC(=O)C1=CC=CC(C#N)=CC=C1. The van der Waals surface area contributed by atoms with E-state index in [0.717, 1.165) is 0 Å². The second-order valence-electron chi connectivity index (χ2n) is 2.57. The van der Waals surface area contributed by atoms with Crippen LogP contribution >= 0.6 is 0 Å². The second-order valence-corrected chi connectivity index (χ2v) is 2.57. The predicted molar refractivity (Wildman–Crippen MR) is 52.1 cm³/mol. The summed E-state index contributed by atoms with van der Waals surface area (Å²) in [5, 5.41) is 8.61. The minimum Gasteiger partial charge on any atom is -0.465 e. The zero-order valence-electron chi connectivity index (χ0n) is 7.73. The Hall–Kier alpha value is -2.08. The lowest BCUT2D eigenvalue weighted by atomic mass is 10.1. The van der Waals surface area contributed by atoms with E-state index in [9.17, 15) is 4.79 Å². The lowest BCUT2D eigenvalue weighted by Crippen LogP contribution is -2.02. The number of rotatable bonds is 1. The molecule has 0 radical (unpaired) electrons. The Kier molecular flexibility index (Phi) is 3.45. The summed E-state index contributed by atoms with van der Waals surface area (Å²) in [5.41, 5.74) is 0.999. The van der Waals surface area contributed by atoms with Crippen LogP contribution in [-0.2, 0) is 9.53 Å². The summed E-state index contributed by atoms with van der Waals surface area (Å²) in [6, 6.07) is 2.01. The van der Waals surface area contributed by atoms with E-state index in [4.69, 9.17) is 5.26 Å². The first-order valence-corrected chi connectivity index (χ1v) is 4.03. The van der Waals surface area contributed by atoms with Gasteiger partial charge in [0.15, 0.2) is 0 Å². The van der Waals surface area contributed by atoms with Gasteiger partial charge in [-0.3, -0.25) is 0 Å². The van der Waals surface area contributed by atoms with E-state index in [0.29, 0.717) is 11.1 Å². The number of nitriles is 1. The predicted octanol–water partition coefficient (Wildman–Crippen LogP) is 1.66. The summed E-state index contributed by atoms with van der Waals surface area (Å²) in [6.07, 6.45) is 9.76. The van der Waals surface area contributed by atoms with E-state index in [1.54, 1.807) is 36.5 Å². The van der Waals surface area contributed by atoms with Gasteiger partial charge in [-0.25, -0.2) is 4.79 Å². The van der Waals surface area contributed by atoms with Crippen molar-refractivity contribution in [2.45, 2.75) is 0 Å². The Bertz CT molecular complexity index is 392. The van der Waals surface area contributed by atoms with E-state index in [-0.39, 0.29) is 5.97 Å². The topological polar surface area (TPSA) is 50.1 Å². The first-order valence-electron chi connectivity index (χ1n) is 4.03. The Morgan fingerprint density at radius 3 is 2.71 bits per heavy atom. The summed E-state index contributed by atoms with van der Waals surface area (Å²) >= 11 is 0. The van der Waals surface area contributed by atoms with Gasteiger partial charge in [-0.2, -0.15) is 5.26 Å². The van der Waals surface area contributed by atoms with Crippen LogP contribution in [0.1, 0.15) is 0 Å². The molecule has 0 aromatic carbocycles. The molecule has 0 unspecified atom stereocenters. The number of hydrogen-bond acceptors (Lipinski definition) is 3. The maximum absolute atomic E-state index is 11.1. The molecule has 3 heteroatoms. The Balaban J connectivity index is 2.90. The average Bonchev–Trinajstić information content (AvgIpc) is 2.17. The minimum atomic E-state index is -0.389. The quantitative estimate of drug-likeness (QED) is 0.586. The number of allylic oxidation sites excluding steroid dienone is 6. The molecule has 70 valence electrons. The van der Waals surface area contributed by atoms with Gasteiger partial charge in [-0.1, -0.05) is 12.2 Å². The zero-order valence-corrected chi connectivity index (χ0v) is 7.73. The smallest absolute Gasteiger partial charge is 0.337 e. The van der Waals surface area contributed by atoms with E-state index in [2.05, 4.69) is 4.74 Å². The Morgan fingerprint density at radius 2 is 2.07 bits per heavy atom. The number of carbonyl (C=O) groups is 1. The van der Waals surface area contributed by atoms with Gasteiger partial charge in [0.1, 0.15) is 0 Å². The van der Waals surface area contributed by atoms with Gasteiger partial charge in [0.2, 0.25) is 0 Å². The van der Waals surface area contributed by atoms with Crippen molar-refractivity contribution in [2.75, 3.05) is 7.11 Å². The highest BCUT2D eigenvalue weighted by atomic mass is 16.5. The maximum Gasteiger partial charge on any atom is 0.337 e. The van der Waals surface area contributed by atoms with Crippen molar-refractivity contribution in [2.24, 2.45) is 0 Å². The molecular weight excluding hydrogens is 178 g/mol. The van der Waals surface area contributed by atoms with Crippen molar-refractivity contribution < 1.29 is 9.53 Å². The largest absolute Gasteiger partial charge is 0.465 e. The second kappa shape index (κ2) is 4.83. The summed E-state index contributed by atoms with van der Waals surface area (Å²) in [7, 11) is 1.33. The fourth-order valence-electron chi connectivity index (χ4n) is 0.950. The van der Waals surface area contributed by atoms with Gasteiger partial charge in [0, 0.05) is 0 Å². The van der Waals surface area contributed by atoms with Crippen molar-refractivity contribution in [1.82, 2.24) is 0 Å². The minimum absolute atomic E-state index is 0.389. The molecule has 0 bridgehead atoms. The van der Waals surface area contributed by atoms with E-state index < -0.39 is 0 Å². The number of ether oxygens (including phenoxy) is 1. The third-order valence-electron chi connectivity index (χ3n) is 1.65. The molecule has 0 heterocycles. The van der Waals surface area contributed by atoms with Crippen molar-refractivity contribution in [3.05, 3.63) is 47.6 Å². The lowest BCUT2D eigenvalue weighted by molar-refractivity contribution is -0.135. The van der Waals surface area contributed by atoms with Crippen LogP contribution in [0.5, 0.6) is 0 Å². The number of nitrogens with zero attached hydrogens (tertiary/aromatic N) is 1. The Morgan fingerprint density at radius 1 is 1.36 bits per heavy atom. The molecule has 14 heavy (non-hydrogen) atoms. The number of carbonyl (C=O) groups excluding carboxylic acids is 1. The summed E-state index contributed by atoms with van der Waals surface area (Å²) < 4.78 is 4.56. The molecule has 1 rings (SSSR count). The molecular formula is C11H9NO2.